The van der Waals surface area contributed by atoms with Gasteiger partial charge in [0.1, 0.15) is 17.5 Å². The van der Waals surface area contributed by atoms with Crippen LogP contribution < -0.4 is 14.8 Å². The summed E-state index contributed by atoms with van der Waals surface area (Å²) >= 11 is 0. The molecule has 2 amide bonds. The Bertz CT molecular complexity index is 856. The van der Waals surface area contributed by atoms with Gasteiger partial charge in [0.15, 0.2) is 6.61 Å². The Morgan fingerprint density at radius 3 is 2.30 bits per heavy atom. The van der Waals surface area contributed by atoms with Crippen LogP contribution >= 0.6 is 0 Å². The summed E-state index contributed by atoms with van der Waals surface area (Å²) in [6.45, 7) is 9.57. The number of ether oxygens (including phenoxy) is 2. The van der Waals surface area contributed by atoms with Crippen molar-refractivity contribution in [3.05, 3.63) is 59.7 Å². The van der Waals surface area contributed by atoms with Crippen LogP contribution in [0.5, 0.6) is 11.5 Å². The van der Waals surface area contributed by atoms with E-state index in [0.717, 1.165) is 16.9 Å². The molecule has 0 bridgehead atoms. The molecule has 1 atom stereocenters. The van der Waals surface area contributed by atoms with E-state index in [1.54, 1.807) is 18.9 Å². The van der Waals surface area contributed by atoms with Gasteiger partial charge in [-0.2, -0.15) is 0 Å². The minimum Gasteiger partial charge on any atom is -0.497 e. The number of carbonyl (C=O) groups is 2. The molecule has 162 valence electrons. The number of aryl methyl sites for hydroxylation is 1. The van der Waals surface area contributed by atoms with Crippen LogP contribution in [-0.4, -0.2) is 42.0 Å². The quantitative estimate of drug-likeness (QED) is 0.718. The highest BCUT2D eigenvalue weighted by Crippen LogP contribution is 2.17. The van der Waals surface area contributed by atoms with E-state index >= 15 is 0 Å². The summed E-state index contributed by atoms with van der Waals surface area (Å²) in [5, 5.41) is 2.95. The average molecular weight is 413 g/mol. The van der Waals surface area contributed by atoms with E-state index in [-0.39, 0.29) is 18.4 Å². The van der Waals surface area contributed by atoms with Crippen molar-refractivity contribution in [2.75, 3.05) is 13.7 Å². The van der Waals surface area contributed by atoms with Crippen LogP contribution in [0.25, 0.3) is 0 Å². The molecule has 6 heteroatoms. The Labute approximate surface area is 179 Å². The van der Waals surface area contributed by atoms with Gasteiger partial charge in [-0.25, -0.2) is 0 Å². The van der Waals surface area contributed by atoms with Gasteiger partial charge in [0.05, 0.1) is 7.11 Å². The van der Waals surface area contributed by atoms with Crippen molar-refractivity contribution in [3.63, 3.8) is 0 Å². The van der Waals surface area contributed by atoms with Gasteiger partial charge in [0.2, 0.25) is 5.91 Å². The molecule has 0 spiro atoms. The molecule has 2 rings (SSSR count). The zero-order chi connectivity index (χ0) is 22.3. The number of methoxy groups -OCH3 is 1. The standard InChI is InChI=1S/C24H32N2O4/c1-17-8-7-9-21(14-17)30-16-22(27)26(18(2)23(28)25-24(3,4)5)15-19-10-12-20(29-6)13-11-19/h7-14,18H,15-16H2,1-6H3,(H,25,28). The fraction of sp³-hybridized carbons (Fsp3) is 0.417. The normalized spacial score (nSPS) is 12.1. The van der Waals surface area contributed by atoms with Crippen molar-refractivity contribution in [1.82, 2.24) is 10.2 Å². The fourth-order valence-electron chi connectivity index (χ4n) is 2.92. The molecule has 6 nitrogen and oxygen atoms in total. The third kappa shape index (κ3) is 7.10. The van der Waals surface area contributed by atoms with Crippen LogP contribution in [-0.2, 0) is 16.1 Å². The third-order valence-corrected chi connectivity index (χ3v) is 4.53. The Morgan fingerprint density at radius 1 is 1.07 bits per heavy atom. The van der Waals surface area contributed by atoms with Gasteiger partial charge in [-0.3, -0.25) is 9.59 Å². The van der Waals surface area contributed by atoms with Gasteiger partial charge in [0, 0.05) is 12.1 Å². The molecule has 0 aliphatic heterocycles. The first-order valence-corrected chi connectivity index (χ1v) is 10.0. The first-order chi connectivity index (χ1) is 14.1. The molecule has 0 aliphatic carbocycles. The largest absolute Gasteiger partial charge is 0.497 e. The number of nitrogens with one attached hydrogen (secondary N) is 1. The molecule has 2 aromatic rings. The maximum atomic E-state index is 13.0. The zero-order valence-electron chi connectivity index (χ0n) is 18.7. The molecule has 0 saturated carbocycles. The molecule has 0 aliphatic rings. The van der Waals surface area contributed by atoms with Gasteiger partial charge in [-0.15, -0.1) is 0 Å². The first kappa shape index (κ1) is 23.3. The summed E-state index contributed by atoms with van der Waals surface area (Å²) in [7, 11) is 1.60. The van der Waals surface area contributed by atoms with Crippen LogP contribution in [0.3, 0.4) is 0 Å². The van der Waals surface area contributed by atoms with Crippen molar-refractivity contribution in [3.8, 4) is 11.5 Å². The summed E-state index contributed by atoms with van der Waals surface area (Å²) in [5.74, 6) is 0.890. The van der Waals surface area contributed by atoms with E-state index in [2.05, 4.69) is 5.32 Å². The minimum absolute atomic E-state index is 0.146. The Balaban J connectivity index is 2.17. The van der Waals surface area contributed by atoms with Crippen molar-refractivity contribution in [1.29, 1.82) is 0 Å². The number of rotatable bonds is 8. The van der Waals surface area contributed by atoms with E-state index in [4.69, 9.17) is 9.47 Å². The number of carbonyl (C=O) groups excluding carboxylic acids is 2. The highest BCUT2D eigenvalue weighted by molar-refractivity contribution is 5.88. The smallest absolute Gasteiger partial charge is 0.261 e. The molecule has 0 aromatic heterocycles. The summed E-state index contributed by atoms with van der Waals surface area (Å²) in [4.78, 5) is 27.3. The van der Waals surface area contributed by atoms with Gasteiger partial charge in [0.25, 0.3) is 5.91 Å². The molecule has 30 heavy (non-hydrogen) atoms. The second kappa shape index (κ2) is 10.1. The zero-order valence-corrected chi connectivity index (χ0v) is 18.7. The van der Waals surface area contributed by atoms with Gasteiger partial charge < -0.3 is 19.7 Å². The van der Waals surface area contributed by atoms with Crippen LogP contribution in [0.1, 0.15) is 38.8 Å². The van der Waals surface area contributed by atoms with E-state index in [0.29, 0.717) is 12.3 Å². The molecule has 2 aromatic carbocycles. The lowest BCUT2D eigenvalue weighted by molar-refractivity contribution is -0.142. The van der Waals surface area contributed by atoms with Crippen molar-refractivity contribution < 1.29 is 19.1 Å². The van der Waals surface area contributed by atoms with Crippen LogP contribution in [0, 0.1) is 6.92 Å². The summed E-state index contributed by atoms with van der Waals surface area (Å²) in [6, 6.07) is 14.3. The summed E-state index contributed by atoms with van der Waals surface area (Å²) in [5.41, 5.74) is 1.56. The highest BCUT2D eigenvalue weighted by Gasteiger charge is 2.28. The maximum absolute atomic E-state index is 13.0. The van der Waals surface area contributed by atoms with Gasteiger partial charge in [-0.1, -0.05) is 24.3 Å². The molecule has 1 unspecified atom stereocenters. The molecule has 0 heterocycles. The lowest BCUT2D eigenvalue weighted by atomic mass is 10.1. The SMILES string of the molecule is COc1ccc(CN(C(=O)COc2cccc(C)c2)C(C)C(=O)NC(C)(C)C)cc1. The molecular weight excluding hydrogens is 380 g/mol. The highest BCUT2D eigenvalue weighted by atomic mass is 16.5. The topological polar surface area (TPSA) is 67.9 Å². The van der Waals surface area contributed by atoms with Crippen LogP contribution in [0.2, 0.25) is 0 Å². The Morgan fingerprint density at radius 2 is 1.73 bits per heavy atom. The average Bonchev–Trinajstić information content (AvgIpc) is 2.69. The number of benzene rings is 2. The first-order valence-electron chi connectivity index (χ1n) is 10.0. The molecule has 0 radical (unpaired) electrons. The predicted octanol–water partition coefficient (Wildman–Crippen LogP) is 3.71. The summed E-state index contributed by atoms with van der Waals surface area (Å²) in [6.07, 6.45) is 0. The van der Waals surface area contributed by atoms with Crippen LogP contribution in [0.15, 0.2) is 48.5 Å². The monoisotopic (exact) mass is 412 g/mol. The lowest BCUT2D eigenvalue weighted by Crippen LogP contribution is -2.53. The second-order valence-electron chi connectivity index (χ2n) is 8.39. The van der Waals surface area contributed by atoms with Crippen molar-refractivity contribution in [2.45, 2.75) is 52.7 Å². The van der Waals surface area contributed by atoms with E-state index in [1.807, 2.05) is 76.2 Å². The molecule has 0 saturated heterocycles. The molecular formula is C24H32N2O4. The van der Waals surface area contributed by atoms with Crippen LogP contribution in [0.4, 0.5) is 0 Å². The molecule has 1 N–H and O–H groups in total. The number of hydrogen-bond donors (Lipinski definition) is 1. The summed E-state index contributed by atoms with van der Waals surface area (Å²) < 4.78 is 10.9. The fourth-order valence-corrected chi connectivity index (χ4v) is 2.92. The van der Waals surface area contributed by atoms with Crippen molar-refractivity contribution in [2.24, 2.45) is 0 Å². The third-order valence-electron chi connectivity index (χ3n) is 4.53. The lowest BCUT2D eigenvalue weighted by Gasteiger charge is -2.31. The second-order valence-corrected chi connectivity index (χ2v) is 8.39. The van der Waals surface area contributed by atoms with E-state index < -0.39 is 11.6 Å². The Hall–Kier alpha value is -3.02. The minimum atomic E-state index is -0.653. The van der Waals surface area contributed by atoms with Gasteiger partial charge >= 0.3 is 0 Å². The number of nitrogens with zero attached hydrogens (tertiary/aromatic N) is 1. The predicted molar refractivity (Wildman–Crippen MR) is 118 cm³/mol. The van der Waals surface area contributed by atoms with E-state index in [9.17, 15) is 9.59 Å². The number of hydrogen-bond acceptors (Lipinski definition) is 4. The Kier molecular flexibility index (Phi) is 7.86. The maximum Gasteiger partial charge on any atom is 0.261 e. The van der Waals surface area contributed by atoms with Gasteiger partial charge in [-0.05, 0) is 70.0 Å². The van der Waals surface area contributed by atoms with E-state index in [1.165, 1.54) is 0 Å². The number of amides is 2. The molecule has 0 fully saturated rings. The van der Waals surface area contributed by atoms with Crippen molar-refractivity contribution >= 4 is 11.8 Å².